The lowest BCUT2D eigenvalue weighted by Gasteiger charge is -2.10. The average Bonchev–Trinajstić information content (AvgIpc) is 2.12. The zero-order valence-electron chi connectivity index (χ0n) is 8.06. The summed E-state index contributed by atoms with van der Waals surface area (Å²) in [5, 5.41) is 4.32. The molecule has 2 nitrogen and oxygen atoms in total. The van der Waals surface area contributed by atoms with Crippen molar-refractivity contribution in [1.29, 1.82) is 0 Å². The predicted octanol–water partition coefficient (Wildman–Crippen LogP) is 3.14. The summed E-state index contributed by atoms with van der Waals surface area (Å²) in [4.78, 5) is 0. The third kappa shape index (κ3) is 3.37. The van der Waals surface area contributed by atoms with E-state index >= 15 is 0 Å². The van der Waals surface area contributed by atoms with Crippen LogP contribution in [0.5, 0.6) is 0 Å². The minimum absolute atomic E-state index is 0.195. The Labute approximate surface area is 94.4 Å². The quantitative estimate of drug-likeness (QED) is 0.838. The molecule has 0 aliphatic carbocycles. The van der Waals surface area contributed by atoms with Crippen LogP contribution in [0, 0.1) is 0 Å². The van der Waals surface area contributed by atoms with E-state index in [0.29, 0.717) is 10.0 Å². The van der Waals surface area contributed by atoms with E-state index in [1.807, 2.05) is 19.1 Å². The van der Waals surface area contributed by atoms with Gasteiger partial charge in [0.1, 0.15) is 0 Å². The van der Waals surface area contributed by atoms with E-state index in [0.717, 1.165) is 18.7 Å². The first-order valence-electron chi connectivity index (χ1n) is 4.54. The van der Waals surface area contributed by atoms with Gasteiger partial charge in [-0.2, -0.15) is 0 Å². The van der Waals surface area contributed by atoms with Crippen molar-refractivity contribution in [2.75, 3.05) is 11.9 Å². The van der Waals surface area contributed by atoms with Crippen molar-refractivity contribution in [3.8, 4) is 0 Å². The molecule has 0 radical (unpaired) electrons. The summed E-state index contributed by atoms with van der Waals surface area (Å²) in [6.45, 7) is 2.78. The summed E-state index contributed by atoms with van der Waals surface area (Å²) in [7, 11) is 0. The van der Waals surface area contributed by atoms with Gasteiger partial charge in [-0.15, -0.1) is 0 Å². The van der Waals surface area contributed by atoms with Gasteiger partial charge < -0.3 is 11.1 Å². The Hall–Kier alpha value is -0.440. The number of anilines is 1. The largest absolute Gasteiger partial charge is 0.384 e. The molecule has 1 aromatic rings. The van der Waals surface area contributed by atoms with Crippen LogP contribution in [0.3, 0.4) is 0 Å². The molecule has 0 bridgehead atoms. The number of nitrogens with two attached hydrogens (primary N) is 1. The van der Waals surface area contributed by atoms with Gasteiger partial charge in [0, 0.05) is 12.6 Å². The minimum atomic E-state index is 0.195. The highest BCUT2D eigenvalue weighted by molar-refractivity contribution is 6.43. The standard InChI is InChI=1S/C10H14Cl2N2/c1-7(13)5-6-14-9-4-2-3-8(11)10(9)12/h2-4,7,14H,5-6,13H2,1H3. The summed E-state index contributed by atoms with van der Waals surface area (Å²) in [6, 6.07) is 5.72. The van der Waals surface area contributed by atoms with Crippen molar-refractivity contribution in [2.24, 2.45) is 5.73 Å². The van der Waals surface area contributed by atoms with E-state index in [-0.39, 0.29) is 6.04 Å². The van der Waals surface area contributed by atoms with Gasteiger partial charge in [0.15, 0.2) is 0 Å². The van der Waals surface area contributed by atoms with Gasteiger partial charge in [-0.1, -0.05) is 29.3 Å². The molecular formula is C10H14Cl2N2. The molecule has 0 heterocycles. The van der Waals surface area contributed by atoms with Crippen LogP contribution in [-0.2, 0) is 0 Å². The minimum Gasteiger partial charge on any atom is -0.384 e. The molecule has 4 heteroatoms. The maximum Gasteiger partial charge on any atom is 0.0823 e. The van der Waals surface area contributed by atoms with Crippen LogP contribution in [0.15, 0.2) is 18.2 Å². The normalized spacial score (nSPS) is 12.6. The number of hydrogen-bond acceptors (Lipinski definition) is 2. The Morgan fingerprint density at radius 3 is 2.79 bits per heavy atom. The summed E-state index contributed by atoms with van der Waals surface area (Å²) < 4.78 is 0. The zero-order valence-corrected chi connectivity index (χ0v) is 9.57. The van der Waals surface area contributed by atoms with E-state index < -0.39 is 0 Å². The molecule has 1 unspecified atom stereocenters. The van der Waals surface area contributed by atoms with E-state index in [1.165, 1.54) is 0 Å². The topological polar surface area (TPSA) is 38.0 Å². The van der Waals surface area contributed by atoms with Gasteiger partial charge in [-0.05, 0) is 25.5 Å². The first kappa shape index (κ1) is 11.6. The van der Waals surface area contributed by atoms with Crippen LogP contribution in [-0.4, -0.2) is 12.6 Å². The number of benzene rings is 1. The third-order valence-electron chi connectivity index (χ3n) is 1.87. The highest BCUT2D eigenvalue weighted by atomic mass is 35.5. The summed E-state index contributed by atoms with van der Waals surface area (Å²) in [6.07, 6.45) is 0.906. The Morgan fingerprint density at radius 2 is 2.14 bits per heavy atom. The van der Waals surface area contributed by atoms with E-state index in [4.69, 9.17) is 28.9 Å². The van der Waals surface area contributed by atoms with Gasteiger partial charge in [0.05, 0.1) is 15.7 Å². The number of hydrogen-bond donors (Lipinski definition) is 2. The van der Waals surface area contributed by atoms with Crippen LogP contribution in [0.25, 0.3) is 0 Å². The molecule has 1 rings (SSSR count). The molecule has 0 amide bonds. The predicted molar refractivity (Wildman–Crippen MR) is 63.2 cm³/mol. The Kier molecular flexibility index (Phi) is 4.52. The molecule has 0 saturated carbocycles. The monoisotopic (exact) mass is 232 g/mol. The van der Waals surface area contributed by atoms with Crippen LogP contribution in [0.1, 0.15) is 13.3 Å². The lowest BCUT2D eigenvalue weighted by molar-refractivity contribution is 0.690. The van der Waals surface area contributed by atoms with Crippen molar-refractivity contribution in [1.82, 2.24) is 0 Å². The zero-order chi connectivity index (χ0) is 10.6. The fraction of sp³-hybridized carbons (Fsp3) is 0.400. The number of rotatable bonds is 4. The second-order valence-corrected chi connectivity index (χ2v) is 4.08. The van der Waals surface area contributed by atoms with Gasteiger partial charge in [0.25, 0.3) is 0 Å². The molecule has 0 aliphatic rings. The molecule has 0 saturated heterocycles. The second kappa shape index (κ2) is 5.44. The van der Waals surface area contributed by atoms with E-state index in [1.54, 1.807) is 6.07 Å². The smallest absolute Gasteiger partial charge is 0.0823 e. The van der Waals surface area contributed by atoms with Crippen LogP contribution < -0.4 is 11.1 Å². The molecule has 3 N–H and O–H groups in total. The highest BCUT2D eigenvalue weighted by Crippen LogP contribution is 2.29. The maximum absolute atomic E-state index is 5.98. The lowest BCUT2D eigenvalue weighted by atomic mass is 10.2. The number of halogens is 2. The van der Waals surface area contributed by atoms with Crippen molar-refractivity contribution in [2.45, 2.75) is 19.4 Å². The van der Waals surface area contributed by atoms with Gasteiger partial charge in [-0.25, -0.2) is 0 Å². The fourth-order valence-corrected chi connectivity index (χ4v) is 1.44. The van der Waals surface area contributed by atoms with E-state index in [9.17, 15) is 0 Å². The Balaban J connectivity index is 2.54. The van der Waals surface area contributed by atoms with Gasteiger partial charge in [-0.3, -0.25) is 0 Å². The molecular weight excluding hydrogens is 219 g/mol. The maximum atomic E-state index is 5.98. The molecule has 1 atom stereocenters. The van der Waals surface area contributed by atoms with Crippen LogP contribution >= 0.6 is 23.2 Å². The second-order valence-electron chi connectivity index (χ2n) is 3.29. The summed E-state index contributed by atoms with van der Waals surface area (Å²) in [5.74, 6) is 0. The molecule has 1 aromatic carbocycles. The van der Waals surface area contributed by atoms with Crippen LogP contribution in [0.4, 0.5) is 5.69 Å². The first-order valence-corrected chi connectivity index (χ1v) is 5.30. The molecule has 14 heavy (non-hydrogen) atoms. The SMILES string of the molecule is CC(N)CCNc1cccc(Cl)c1Cl. The lowest BCUT2D eigenvalue weighted by Crippen LogP contribution is -2.19. The third-order valence-corrected chi connectivity index (χ3v) is 2.69. The summed E-state index contributed by atoms with van der Waals surface area (Å²) >= 11 is 11.8. The molecule has 0 aromatic heterocycles. The van der Waals surface area contributed by atoms with Crippen LogP contribution in [0.2, 0.25) is 10.0 Å². The highest BCUT2D eigenvalue weighted by Gasteiger charge is 2.03. The van der Waals surface area contributed by atoms with Crippen molar-refractivity contribution >= 4 is 28.9 Å². The molecule has 0 fully saturated rings. The van der Waals surface area contributed by atoms with E-state index in [2.05, 4.69) is 5.32 Å². The Bertz CT molecular complexity index is 300. The first-order chi connectivity index (χ1) is 6.61. The fourth-order valence-electron chi connectivity index (χ4n) is 1.07. The molecule has 78 valence electrons. The van der Waals surface area contributed by atoms with Crippen molar-refractivity contribution in [3.05, 3.63) is 28.2 Å². The molecule has 0 spiro atoms. The summed E-state index contributed by atoms with van der Waals surface area (Å²) in [5.41, 5.74) is 6.49. The average molecular weight is 233 g/mol. The van der Waals surface area contributed by atoms with Gasteiger partial charge in [0.2, 0.25) is 0 Å². The Morgan fingerprint density at radius 1 is 1.43 bits per heavy atom. The number of nitrogens with one attached hydrogen (secondary N) is 1. The van der Waals surface area contributed by atoms with Gasteiger partial charge >= 0.3 is 0 Å². The van der Waals surface area contributed by atoms with Crippen molar-refractivity contribution in [3.63, 3.8) is 0 Å². The van der Waals surface area contributed by atoms with Crippen molar-refractivity contribution < 1.29 is 0 Å². The molecule has 0 aliphatic heterocycles.